The Morgan fingerprint density at radius 1 is 1.36 bits per heavy atom. The van der Waals surface area contributed by atoms with E-state index in [4.69, 9.17) is 4.74 Å². The fraction of sp³-hybridized carbons (Fsp3) is 0.333. The molecular weight excluding hydrogens is 207 g/mol. The van der Waals surface area contributed by atoms with E-state index in [2.05, 4.69) is 0 Å². The zero-order valence-electron chi connectivity index (χ0n) is 7.36. The molecule has 0 N–H and O–H groups in total. The number of para-hydroxylation sites is 1. The molecule has 0 radical (unpaired) electrons. The van der Waals surface area contributed by atoms with Crippen molar-refractivity contribution in [3.05, 3.63) is 23.8 Å². The van der Waals surface area contributed by atoms with Crippen LogP contribution in [0.5, 0.6) is 5.75 Å². The molecule has 0 aromatic heterocycles. The number of fused-ring (bicyclic) bond motifs is 1. The van der Waals surface area contributed by atoms with Crippen LogP contribution in [0.25, 0.3) is 0 Å². The van der Waals surface area contributed by atoms with Crippen molar-refractivity contribution in [1.29, 1.82) is 0 Å². The monoisotopic (exact) mass is 216 g/mol. The maximum absolute atomic E-state index is 12.8. The molecule has 2 rings (SSSR count). The van der Waals surface area contributed by atoms with Gasteiger partial charge in [0.15, 0.2) is 0 Å². The number of rotatable bonds is 1. The summed E-state index contributed by atoms with van der Waals surface area (Å²) < 4.78 is 39.5. The summed E-state index contributed by atoms with van der Waals surface area (Å²) in [6, 6.07) is 4.50. The predicted molar refractivity (Wildman–Crippen MR) is 48.6 cm³/mol. The number of hydrogen-bond acceptors (Lipinski definition) is 3. The fourth-order valence-corrected chi connectivity index (χ4v) is 2.20. The maximum Gasteiger partial charge on any atom is 0.335 e. The average Bonchev–Trinajstić information content (AvgIpc) is 2.15. The number of benzene rings is 1. The van der Waals surface area contributed by atoms with Crippen LogP contribution >= 0.6 is 0 Å². The van der Waals surface area contributed by atoms with Crippen molar-refractivity contribution in [3.63, 3.8) is 0 Å². The Labute approximate surface area is 81.7 Å². The minimum absolute atomic E-state index is 0.182. The summed E-state index contributed by atoms with van der Waals surface area (Å²) in [7, 11) is -4.67. The van der Waals surface area contributed by atoms with Crippen molar-refractivity contribution in [2.24, 2.45) is 0 Å². The van der Waals surface area contributed by atoms with Gasteiger partial charge in [-0.3, -0.25) is 0 Å². The zero-order chi connectivity index (χ0) is 10.2. The van der Waals surface area contributed by atoms with Crippen LogP contribution in [0.2, 0.25) is 0 Å². The van der Waals surface area contributed by atoms with Gasteiger partial charge in [0.25, 0.3) is 0 Å². The van der Waals surface area contributed by atoms with E-state index in [1.165, 1.54) is 12.1 Å². The standard InChI is InChI=1S/C9H9FO3S/c10-14(11,12)8-5-1-3-7-4-2-6-13-9(7)8/h1,3,5H,2,4,6H2. The SMILES string of the molecule is O=S(=O)(F)c1cccc2c1OCCC2. The lowest BCUT2D eigenvalue weighted by atomic mass is 10.1. The molecule has 3 nitrogen and oxygen atoms in total. The van der Waals surface area contributed by atoms with Crippen molar-refractivity contribution in [1.82, 2.24) is 0 Å². The van der Waals surface area contributed by atoms with Crippen molar-refractivity contribution in [3.8, 4) is 5.75 Å². The van der Waals surface area contributed by atoms with Crippen LogP contribution in [0, 0.1) is 0 Å². The molecule has 76 valence electrons. The van der Waals surface area contributed by atoms with E-state index < -0.39 is 10.2 Å². The fourth-order valence-electron chi connectivity index (χ4n) is 1.55. The smallest absolute Gasteiger partial charge is 0.335 e. The second-order valence-corrected chi connectivity index (χ2v) is 4.45. The topological polar surface area (TPSA) is 43.4 Å². The van der Waals surface area contributed by atoms with Gasteiger partial charge in [-0.25, -0.2) is 0 Å². The molecular formula is C9H9FO3S. The first kappa shape index (κ1) is 9.45. The van der Waals surface area contributed by atoms with E-state index in [1.54, 1.807) is 6.07 Å². The van der Waals surface area contributed by atoms with E-state index >= 15 is 0 Å². The Morgan fingerprint density at radius 2 is 2.14 bits per heavy atom. The van der Waals surface area contributed by atoms with Crippen LogP contribution in [0.15, 0.2) is 23.1 Å². The maximum atomic E-state index is 12.8. The molecule has 0 bridgehead atoms. The van der Waals surface area contributed by atoms with Gasteiger partial charge >= 0.3 is 10.2 Å². The first-order valence-corrected chi connectivity index (χ1v) is 5.67. The van der Waals surface area contributed by atoms with Crippen LogP contribution in [0.4, 0.5) is 3.89 Å². The van der Waals surface area contributed by atoms with Gasteiger partial charge in [-0.15, -0.1) is 3.89 Å². The van der Waals surface area contributed by atoms with Crippen LogP contribution in [-0.2, 0) is 16.6 Å². The molecule has 0 saturated heterocycles. The van der Waals surface area contributed by atoms with Gasteiger partial charge in [-0.1, -0.05) is 12.1 Å². The quantitative estimate of drug-likeness (QED) is 0.671. The Kier molecular flexibility index (Phi) is 2.19. The van der Waals surface area contributed by atoms with Crippen LogP contribution < -0.4 is 4.74 Å². The predicted octanol–water partition coefficient (Wildman–Crippen LogP) is 1.67. The molecule has 5 heteroatoms. The van der Waals surface area contributed by atoms with Crippen LogP contribution in [0.3, 0.4) is 0 Å². The molecule has 0 aliphatic carbocycles. The van der Waals surface area contributed by atoms with Gasteiger partial charge in [0.05, 0.1) is 6.61 Å². The van der Waals surface area contributed by atoms with Gasteiger partial charge in [-0.05, 0) is 24.5 Å². The van der Waals surface area contributed by atoms with Crippen LogP contribution in [-0.4, -0.2) is 15.0 Å². The van der Waals surface area contributed by atoms with Crippen molar-refractivity contribution in [2.45, 2.75) is 17.7 Å². The number of hydrogen-bond donors (Lipinski definition) is 0. The summed E-state index contributed by atoms with van der Waals surface area (Å²) in [4.78, 5) is -0.352. The summed E-state index contributed by atoms with van der Waals surface area (Å²) in [6.45, 7) is 0.444. The summed E-state index contributed by atoms with van der Waals surface area (Å²) in [6.07, 6.45) is 1.57. The highest BCUT2D eigenvalue weighted by Crippen LogP contribution is 2.32. The highest BCUT2D eigenvalue weighted by Gasteiger charge is 2.22. The summed E-state index contributed by atoms with van der Waals surface area (Å²) in [5.41, 5.74) is 0.759. The molecule has 1 aliphatic heterocycles. The third kappa shape index (κ3) is 1.59. The van der Waals surface area contributed by atoms with E-state index in [1.807, 2.05) is 0 Å². The second kappa shape index (κ2) is 3.24. The molecule has 14 heavy (non-hydrogen) atoms. The molecule has 0 unspecified atom stereocenters. The number of aryl methyl sites for hydroxylation is 1. The van der Waals surface area contributed by atoms with Gasteiger partial charge in [0.2, 0.25) is 0 Å². The van der Waals surface area contributed by atoms with Crippen LogP contribution in [0.1, 0.15) is 12.0 Å². The summed E-state index contributed by atoms with van der Waals surface area (Å²) in [5.74, 6) is 0.182. The van der Waals surface area contributed by atoms with E-state index in [0.29, 0.717) is 6.61 Å². The van der Waals surface area contributed by atoms with Crippen molar-refractivity contribution < 1.29 is 17.0 Å². The normalized spacial score (nSPS) is 15.8. The molecule has 0 saturated carbocycles. The third-order valence-electron chi connectivity index (χ3n) is 2.16. The lowest BCUT2D eigenvalue weighted by Crippen LogP contribution is -2.11. The highest BCUT2D eigenvalue weighted by atomic mass is 32.3. The Morgan fingerprint density at radius 3 is 2.86 bits per heavy atom. The number of halogens is 1. The summed E-state index contributed by atoms with van der Waals surface area (Å²) in [5, 5.41) is 0. The largest absolute Gasteiger partial charge is 0.492 e. The molecule has 1 aromatic rings. The Balaban J connectivity index is 2.62. The van der Waals surface area contributed by atoms with E-state index in [-0.39, 0.29) is 10.6 Å². The summed E-state index contributed by atoms with van der Waals surface area (Å²) >= 11 is 0. The molecule has 0 spiro atoms. The zero-order valence-corrected chi connectivity index (χ0v) is 8.18. The molecule has 0 atom stereocenters. The molecule has 1 aliphatic rings. The minimum atomic E-state index is -4.67. The Bertz CT molecular complexity index is 453. The lowest BCUT2D eigenvalue weighted by molar-refractivity contribution is 0.280. The average molecular weight is 216 g/mol. The third-order valence-corrected chi connectivity index (χ3v) is 3.01. The van der Waals surface area contributed by atoms with E-state index in [0.717, 1.165) is 18.4 Å². The van der Waals surface area contributed by atoms with Crippen molar-refractivity contribution >= 4 is 10.2 Å². The molecule has 0 amide bonds. The first-order valence-electron chi connectivity index (χ1n) is 4.28. The van der Waals surface area contributed by atoms with Gasteiger partial charge < -0.3 is 4.74 Å². The highest BCUT2D eigenvalue weighted by molar-refractivity contribution is 7.86. The Hall–Kier alpha value is -1.10. The van der Waals surface area contributed by atoms with Gasteiger partial charge in [-0.2, -0.15) is 8.42 Å². The van der Waals surface area contributed by atoms with Crippen molar-refractivity contribution in [2.75, 3.05) is 6.61 Å². The lowest BCUT2D eigenvalue weighted by Gasteiger charge is -2.18. The van der Waals surface area contributed by atoms with Gasteiger partial charge in [0, 0.05) is 0 Å². The molecule has 0 fully saturated rings. The second-order valence-electron chi connectivity index (χ2n) is 3.13. The van der Waals surface area contributed by atoms with Gasteiger partial charge in [0.1, 0.15) is 10.6 Å². The molecule has 1 aromatic carbocycles. The number of ether oxygens (including phenoxy) is 1. The first-order chi connectivity index (χ1) is 6.59. The minimum Gasteiger partial charge on any atom is -0.492 e. The van der Waals surface area contributed by atoms with E-state index in [9.17, 15) is 12.3 Å². The molecule has 1 heterocycles.